The van der Waals surface area contributed by atoms with Crippen molar-refractivity contribution in [2.24, 2.45) is 0 Å². The molecule has 1 unspecified atom stereocenters. The first-order valence-electron chi connectivity index (χ1n) is 4.52. The van der Waals surface area contributed by atoms with Crippen LogP contribution in [0.3, 0.4) is 0 Å². The van der Waals surface area contributed by atoms with Crippen LogP contribution in [-0.4, -0.2) is 21.7 Å². The van der Waals surface area contributed by atoms with E-state index in [1.807, 2.05) is 13.0 Å². The van der Waals surface area contributed by atoms with Gasteiger partial charge in [-0.3, -0.25) is 5.10 Å². The molecule has 2 heterocycles. The van der Waals surface area contributed by atoms with E-state index in [9.17, 15) is 0 Å². The lowest BCUT2D eigenvalue weighted by Crippen LogP contribution is -2.22. The first kappa shape index (κ1) is 8.96. The molecule has 0 aliphatic rings. The maximum absolute atomic E-state index is 5.04. The first-order chi connectivity index (χ1) is 6.92. The number of nitrogens with zero attached hydrogens (tertiary/aromatic N) is 2. The number of furan rings is 1. The monoisotopic (exact) mass is 192 g/mol. The summed E-state index contributed by atoms with van der Waals surface area (Å²) < 4.78 is 5.04. The molecule has 0 aromatic carbocycles. The summed E-state index contributed by atoms with van der Waals surface area (Å²) in [7, 11) is 0. The molecule has 0 radical (unpaired) electrons. The molecule has 2 aromatic rings. The topological polar surface area (TPSA) is 66.7 Å². The number of aromatic nitrogens is 3. The molecule has 0 aliphatic heterocycles. The molecule has 1 atom stereocenters. The Morgan fingerprint density at radius 1 is 1.64 bits per heavy atom. The van der Waals surface area contributed by atoms with Gasteiger partial charge in [0.2, 0.25) is 0 Å². The second-order valence-corrected chi connectivity index (χ2v) is 2.92. The Bertz CT molecular complexity index is 320. The van der Waals surface area contributed by atoms with Crippen LogP contribution >= 0.6 is 0 Å². The summed E-state index contributed by atoms with van der Waals surface area (Å²) in [5.41, 5.74) is 1.05. The van der Waals surface area contributed by atoms with Gasteiger partial charge in [0.25, 0.3) is 0 Å². The number of aromatic amines is 1. The van der Waals surface area contributed by atoms with E-state index in [0.717, 1.165) is 17.9 Å². The van der Waals surface area contributed by atoms with Gasteiger partial charge in [0.05, 0.1) is 18.6 Å². The van der Waals surface area contributed by atoms with Gasteiger partial charge in [-0.05, 0) is 12.6 Å². The Labute approximate surface area is 81.5 Å². The molecule has 0 bridgehead atoms. The lowest BCUT2D eigenvalue weighted by Gasteiger charge is -2.12. The standard InChI is InChI=1S/C9H12N4O/c1-2-10-8(7-3-4-14-5-7)9-11-6-12-13-9/h3-6,8,10H,2H2,1H3,(H,11,12,13). The molecule has 5 heteroatoms. The van der Waals surface area contributed by atoms with Gasteiger partial charge in [0.1, 0.15) is 12.2 Å². The average Bonchev–Trinajstić information content (AvgIpc) is 2.87. The summed E-state index contributed by atoms with van der Waals surface area (Å²) >= 11 is 0. The minimum atomic E-state index is 0.0289. The zero-order chi connectivity index (χ0) is 9.80. The van der Waals surface area contributed by atoms with Crippen molar-refractivity contribution < 1.29 is 4.42 Å². The van der Waals surface area contributed by atoms with E-state index in [0.29, 0.717) is 0 Å². The third-order valence-electron chi connectivity index (χ3n) is 1.99. The fraction of sp³-hybridized carbons (Fsp3) is 0.333. The van der Waals surface area contributed by atoms with E-state index in [-0.39, 0.29) is 6.04 Å². The van der Waals surface area contributed by atoms with Crippen molar-refractivity contribution in [3.63, 3.8) is 0 Å². The minimum Gasteiger partial charge on any atom is -0.472 e. The maximum Gasteiger partial charge on any atom is 0.146 e. The highest BCUT2D eigenvalue weighted by Gasteiger charge is 2.16. The molecule has 5 nitrogen and oxygen atoms in total. The Balaban J connectivity index is 2.25. The summed E-state index contributed by atoms with van der Waals surface area (Å²) in [6.07, 6.45) is 4.85. The third kappa shape index (κ3) is 1.67. The normalized spacial score (nSPS) is 12.9. The molecule has 0 saturated heterocycles. The summed E-state index contributed by atoms with van der Waals surface area (Å²) in [5, 5.41) is 9.97. The molecule has 2 rings (SSSR count). The second-order valence-electron chi connectivity index (χ2n) is 2.92. The molecule has 0 fully saturated rings. The van der Waals surface area contributed by atoms with Crippen molar-refractivity contribution >= 4 is 0 Å². The summed E-state index contributed by atoms with van der Waals surface area (Å²) in [6.45, 7) is 2.90. The van der Waals surface area contributed by atoms with Crippen molar-refractivity contribution in [3.8, 4) is 0 Å². The molecule has 0 amide bonds. The fourth-order valence-corrected chi connectivity index (χ4v) is 1.37. The highest BCUT2D eigenvalue weighted by atomic mass is 16.3. The van der Waals surface area contributed by atoms with Crippen LogP contribution in [0.15, 0.2) is 29.3 Å². The van der Waals surface area contributed by atoms with Crippen LogP contribution in [0.2, 0.25) is 0 Å². The molecule has 2 aromatic heterocycles. The van der Waals surface area contributed by atoms with E-state index in [2.05, 4.69) is 20.5 Å². The Morgan fingerprint density at radius 2 is 2.57 bits per heavy atom. The van der Waals surface area contributed by atoms with Gasteiger partial charge in [0, 0.05) is 5.56 Å². The molecular weight excluding hydrogens is 180 g/mol. The van der Waals surface area contributed by atoms with Gasteiger partial charge in [-0.25, -0.2) is 4.98 Å². The van der Waals surface area contributed by atoms with Crippen LogP contribution in [0.1, 0.15) is 24.4 Å². The molecule has 0 saturated carbocycles. The molecule has 2 N–H and O–H groups in total. The first-order valence-corrected chi connectivity index (χ1v) is 4.52. The fourth-order valence-electron chi connectivity index (χ4n) is 1.37. The number of H-pyrrole nitrogens is 1. The lowest BCUT2D eigenvalue weighted by molar-refractivity contribution is 0.547. The Morgan fingerprint density at radius 3 is 3.14 bits per heavy atom. The highest BCUT2D eigenvalue weighted by molar-refractivity contribution is 5.19. The smallest absolute Gasteiger partial charge is 0.146 e. The van der Waals surface area contributed by atoms with Crippen molar-refractivity contribution in [2.75, 3.05) is 6.54 Å². The predicted octanol–water partition coefficient (Wildman–Crippen LogP) is 1.10. The van der Waals surface area contributed by atoms with Gasteiger partial charge in [-0.2, -0.15) is 5.10 Å². The van der Waals surface area contributed by atoms with E-state index in [4.69, 9.17) is 4.42 Å². The van der Waals surface area contributed by atoms with Crippen molar-refractivity contribution in [1.82, 2.24) is 20.5 Å². The van der Waals surface area contributed by atoms with Crippen LogP contribution < -0.4 is 5.32 Å². The molecule has 74 valence electrons. The van der Waals surface area contributed by atoms with Crippen LogP contribution in [0, 0.1) is 0 Å². The van der Waals surface area contributed by atoms with Gasteiger partial charge in [-0.1, -0.05) is 6.92 Å². The van der Waals surface area contributed by atoms with Crippen LogP contribution in [0.4, 0.5) is 0 Å². The second kappa shape index (κ2) is 4.06. The van der Waals surface area contributed by atoms with Crippen molar-refractivity contribution in [1.29, 1.82) is 0 Å². The van der Waals surface area contributed by atoms with E-state index in [1.165, 1.54) is 6.33 Å². The molecule has 14 heavy (non-hydrogen) atoms. The van der Waals surface area contributed by atoms with Crippen LogP contribution in [0.5, 0.6) is 0 Å². The molecule has 0 spiro atoms. The van der Waals surface area contributed by atoms with Crippen LogP contribution in [-0.2, 0) is 0 Å². The SMILES string of the molecule is CCNC(c1ccoc1)c1ncn[nH]1. The minimum absolute atomic E-state index is 0.0289. The molecular formula is C9H12N4O. The summed E-state index contributed by atoms with van der Waals surface area (Å²) in [5.74, 6) is 0.799. The van der Waals surface area contributed by atoms with Crippen molar-refractivity contribution in [2.45, 2.75) is 13.0 Å². The van der Waals surface area contributed by atoms with Gasteiger partial charge in [-0.15, -0.1) is 0 Å². The number of nitrogens with one attached hydrogen (secondary N) is 2. The Hall–Kier alpha value is -1.62. The average molecular weight is 192 g/mol. The lowest BCUT2D eigenvalue weighted by atomic mass is 10.1. The van der Waals surface area contributed by atoms with E-state index in [1.54, 1.807) is 12.5 Å². The zero-order valence-electron chi connectivity index (χ0n) is 7.90. The highest BCUT2D eigenvalue weighted by Crippen LogP contribution is 2.18. The van der Waals surface area contributed by atoms with Gasteiger partial charge >= 0.3 is 0 Å². The third-order valence-corrected chi connectivity index (χ3v) is 1.99. The largest absolute Gasteiger partial charge is 0.472 e. The number of hydrogen-bond donors (Lipinski definition) is 2. The van der Waals surface area contributed by atoms with E-state index < -0.39 is 0 Å². The van der Waals surface area contributed by atoms with Crippen molar-refractivity contribution in [3.05, 3.63) is 36.3 Å². The maximum atomic E-state index is 5.04. The van der Waals surface area contributed by atoms with Gasteiger partial charge in [0.15, 0.2) is 0 Å². The van der Waals surface area contributed by atoms with E-state index >= 15 is 0 Å². The summed E-state index contributed by atoms with van der Waals surface area (Å²) in [4.78, 5) is 4.12. The number of rotatable bonds is 4. The van der Waals surface area contributed by atoms with Crippen LogP contribution in [0.25, 0.3) is 0 Å². The Kier molecular flexibility index (Phi) is 2.60. The quantitative estimate of drug-likeness (QED) is 0.761. The number of hydrogen-bond acceptors (Lipinski definition) is 4. The van der Waals surface area contributed by atoms with Gasteiger partial charge < -0.3 is 9.73 Å². The summed E-state index contributed by atoms with van der Waals surface area (Å²) in [6, 6.07) is 1.94. The predicted molar refractivity (Wildman–Crippen MR) is 50.6 cm³/mol. The zero-order valence-corrected chi connectivity index (χ0v) is 7.90. The molecule has 0 aliphatic carbocycles.